The van der Waals surface area contributed by atoms with Crippen molar-refractivity contribution in [2.75, 3.05) is 0 Å². The van der Waals surface area contributed by atoms with Gasteiger partial charge in [0, 0.05) is 27.6 Å². The van der Waals surface area contributed by atoms with Crippen molar-refractivity contribution >= 4 is 54.6 Å². The van der Waals surface area contributed by atoms with E-state index in [9.17, 15) is 0 Å². The lowest BCUT2D eigenvalue weighted by Gasteiger charge is -2.07. The first-order chi connectivity index (χ1) is 14.3. The van der Waals surface area contributed by atoms with Crippen molar-refractivity contribution in [3.63, 3.8) is 0 Å². The Kier molecular flexibility index (Phi) is 2.60. The number of rotatable bonds is 0. The first-order valence-electron chi connectivity index (χ1n) is 9.42. The zero-order valence-electron chi connectivity index (χ0n) is 15.5. The molecule has 136 valence electrons. The summed E-state index contributed by atoms with van der Waals surface area (Å²) in [6, 6.07) is 19.1. The summed E-state index contributed by atoms with van der Waals surface area (Å²) in [7, 11) is 0. The number of hydrogen-bond acceptors (Lipinski definition) is 4. The van der Waals surface area contributed by atoms with Gasteiger partial charge in [-0.25, -0.2) is 9.05 Å². The van der Waals surface area contributed by atoms with Crippen molar-refractivity contribution < 1.29 is 17.8 Å². The van der Waals surface area contributed by atoms with E-state index in [0.717, 1.165) is 54.6 Å². The summed E-state index contributed by atoms with van der Waals surface area (Å²) in [5, 5.41) is 15.3. The molecule has 3 aromatic carbocycles. The standard InChI is InChI=1S/C23H14N4O2/c1-13-5-4-8-15-18-9-17-14-6-2-3-7-16(14)22-24-28-11-26(22)19(17)10-20(18)27-12-29-25-23(27)21(13)15/h2-12H,1H3/q+2. The van der Waals surface area contributed by atoms with Crippen molar-refractivity contribution in [2.45, 2.75) is 6.92 Å². The smallest absolute Gasteiger partial charge is 0.221 e. The van der Waals surface area contributed by atoms with Crippen LogP contribution in [0.4, 0.5) is 0 Å². The first-order valence-corrected chi connectivity index (χ1v) is 9.42. The highest BCUT2D eigenvalue weighted by Gasteiger charge is 2.24. The van der Waals surface area contributed by atoms with E-state index >= 15 is 0 Å². The van der Waals surface area contributed by atoms with Crippen molar-refractivity contribution in [3.8, 4) is 0 Å². The third kappa shape index (κ3) is 1.76. The van der Waals surface area contributed by atoms with Gasteiger partial charge in [-0.15, -0.1) is 0 Å². The van der Waals surface area contributed by atoms with Crippen LogP contribution >= 0.6 is 0 Å². The number of nitrogens with zero attached hydrogens (tertiary/aromatic N) is 4. The number of pyridine rings is 2. The van der Waals surface area contributed by atoms with E-state index < -0.39 is 0 Å². The Morgan fingerprint density at radius 3 is 2.14 bits per heavy atom. The van der Waals surface area contributed by atoms with Crippen LogP contribution in [0.3, 0.4) is 0 Å². The Balaban J connectivity index is 1.86. The Morgan fingerprint density at radius 1 is 0.655 bits per heavy atom. The molecule has 0 spiro atoms. The van der Waals surface area contributed by atoms with Crippen LogP contribution in [0.1, 0.15) is 5.56 Å². The monoisotopic (exact) mass is 378 g/mol. The highest BCUT2D eigenvalue weighted by molar-refractivity contribution is 6.17. The molecule has 6 heteroatoms. The highest BCUT2D eigenvalue weighted by Crippen LogP contribution is 2.33. The Hall–Kier alpha value is -4.06. The molecule has 7 aromatic rings. The van der Waals surface area contributed by atoms with Crippen LogP contribution < -0.4 is 8.80 Å². The fourth-order valence-corrected chi connectivity index (χ4v) is 4.63. The third-order valence-electron chi connectivity index (χ3n) is 5.92. The van der Waals surface area contributed by atoms with E-state index in [-0.39, 0.29) is 0 Å². The molecule has 7 rings (SSSR count). The predicted octanol–water partition coefficient (Wildman–Crippen LogP) is 4.06. The number of aromatic nitrogens is 4. The van der Waals surface area contributed by atoms with Gasteiger partial charge in [0.25, 0.3) is 0 Å². The summed E-state index contributed by atoms with van der Waals surface area (Å²) in [6.07, 6.45) is 3.31. The number of hydrogen-bond donors (Lipinski definition) is 0. The van der Waals surface area contributed by atoms with Crippen LogP contribution in [-0.2, 0) is 0 Å². The molecule has 0 aliphatic carbocycles. The van der Waals surface area contributed by atoms with Crippen LogP contribution in [0.5, 0.6) is 0 Å². The van der Waals surface area contributed by atoms with Gasteiger partial charge in [0.1, 0.15) is 11.0 Å². The zero-order chi connectivity index (χ0) is 19.1. The minimum absolute atomic E-state index is 0.802. The van der Waals surface area contributed by atoms with Gasteiger partial charge in [-0.05, 0) is 24.6 Å². The predicted molar refractivity (Wildman–Crippen MR) is 108 cm³/mol. The summed E-state index contributed by atoms with van der Waals surface area (Å²) < 4.78 is 14.7. The van der Waals surface area contributed by atoms with E-state index in [4.69, 9.17) is 9.05 Å². The van der Waals surface area contributed by atoms with Crippen LogP contribution in [0.25, 0.3) is 54.6 Å². The average molecular weight is 378 g/mol. The molecule has 0 atom stereocenters. The Labute approximate surface area is 163 Å². The van der Waals surface area contributed by atoms with Crippen LogP contribution in [0, 0.1) is 6.92 Å². The lowest BCUT2D eigenvalue weighted by molar-refractivity contribution is -0.491. The van der Waals surface area contributed by atoms with Crippen LogP contribution in [-0.4, -0.2) is 10.3 Å². The summed E-state index contributed by atoms with van der Waals surface area (Å²) in [4.78, 5) is 0. The van der Waals surface area contributed by atoms with Crippen molar-refractivity contribution in [1.82, 2.24) is 10.3 Å². The fraction of sp³-hybridized carbons (Fsp3) is 0.0435. The Bertz CT molecular complexity index is 1780. The zero-order valence-corrected chi connectivity index (χ0v) is 15.5. The minimum Gasteiger partial charge on any atom is -0.221 e. The molecule has 0 bridgehead atoms. The summed E-state index contributed by atoms with van der Waals surface area (Å²) in [5.74, 6) is 0. The normalized spacial score (nSPS) is 12.3. The molecular formula is C23H14N4O2+2. The van der Waals surface area contributed by atoms with Crippen molar-refractivity contribution in [1.29, 1.82) is 0 Å². The molecule has 0 fully saturated rings. The molecule has 0 N–H and O–H groups in total. The Morgan fingerprint density at radius 2 is 1.31 bits per heavy atom. The topological polar surface area (TPSA) is 60.3 Å². The molecule has 0 saturated heterocycles. The molecule has 0 unspecified atom stereocenters. The number of fused-ring (bicyclic) bond motifs is 12. The second-order valence-corrected chi connectivity index (χ2v) is 7.42. The summed E-state index contributed by atoms with van der Waals surface area (Å²) in [6.45, 7) is 2.11. The fourth-order valence-electron chi connectivity index (χ4n) is 4.63. The lowest BCUT2D eigenvalue weighted by Crippen LogP contribution is -2.23. The molecule has 0 radical (unpaired) electrons. The molecular weight excluding hydrogens is 364 g/mol. The largest absolute Gasteiger partial charge is 0.386 e. The molecule has 4 heterocycles. The average Bonchev–Trinajstić information content (AvgIpc) is 3.43. The second kappa shape index (κ2) is 5.05. The third-order valence-corrected chi connectivity index (χ3v) is 5.92. The maximum absolute atomic E-state index is 5.37. The quantitative estimate of drug-likeness (QED) is 0.227. The number of aryl methyl sites for hydroxylation is 1. The highest BCUT2D eigenvalue weighted by atomic mass is 16.5. The molecule has 0 aliphatic heterocycles. The van der Waals surface area contributed by atoms with Crippen molar-refractivity contribution in [3.05, 3.63) is 72.9 Å². The molecule has 6 nitrogen and oxygen atoms in total. The van der Waals surface area contributed by atoms with Crippen LogP contribution in [0.15, 0.2) is 76.4 Å². The number of benzene rings is 3. The van der Waals surface area contributed by atoms with Gasteiger partial charge in [0.05, 0.1) is 10.8 Å². The van der Waals surface area contributed by atoms with Gasteiger partial charge in [-0.2, -0.15) is 8.80 Å². The second-order valence-electron chi connectivity index (χ2n) is 7.42. The van der Waals surface area contributed by atoms with Gasteiger partial charge in [0.2, 0.25) is 0 Å². The lowest BCUT2D eigenvalue weighted by atomic mass is 9.98. The SMILES string of the molecule is Cc1cccc2c3cc4c5ccccc5c5noc[n+]5c4cc3[n+]3conc3c12. The van der Waals surface area contributed by atoms with E-state index in [2.05, 4.69) is 65.8 Å². The van der Waals surface area contributed by atoms with Crippen molar-refractivity contribution in [2.24, 2.45) is 0 Å². The van der Waals surface area contributed by atoms with E-state index in [1.54, 1.807) is 12.8 Å². The molecule has 0 aliphatic rings. The van der Waals surface area contributed by atoms with Gasteiger partial charge in [-0.3, -0.25) is 0 Å². The maximum atomic E-state index is 5.37. The first kappa shape index (κ1) is 14.9. The van der Waals surface area contributed by atoms with Gasteiger partial charge < -0.3 is 0 Å². The van der Waals surface area contributed by atoms with Gasteiger partial charge in [-0.1, -0.05) is 36.4 Å². The molecule has 29 heavy (non-hydrogen) atoms. The van der Waals surface area contributed by atoms with Crippen LogP contribution in [0.2, 0.25) is 0 Å². The van der Waals surface area contributed by atoms with E-state index in [1.165, 1.54) is 5.56 Å². The molecule has 4 aromatic heterocycles. The summed E-state index contributed by atoms with van der Waals surface area (Å²) in [5.41, 5.74) is 4.84. The molecule has 0 amide bonds. The van der Waals surface area contributed by atoms with Gasteiger partial charge in [0.15, 0.2) is 10.3 Å². The maximum Gasteiger partial charge on any atom is 0.386 e. The van der Waals surface area contributed by atoms with Gasteiger partial charge >= 0.3 is 24.1 Å². The minimum atomic E-state index is 0.802. The van der Waals surface area contributed by atoms with E-state index in [0.29, 0.717) is 0 Å². The van der Waals surface area contributed by atoms with E-state index in [1.807, 2.05) is 14.9 Å². The summed E-state index contributed by atoms with van der Waals surface area (Å²) >= 11 is 0. The molecule has 0 saturated carbocycles.